The molecule has 6 nitrogen and oxygen atoms in total. The first-order valence-corrected chi connectivity index (χ1v) is 7.01. The van der Waals surface area contributed by atoms with Crippen molar-refractivity contribution in [1.82, 2.24) is 14.5 Å². The van der Waals surface area contributed by atoms with Crippen LogP contribution in [0.4, 0.5) is 11.4 Å². The summed E-state index contributed by atoms with van der Waals surface area (Å²) in [4.78, 5) is 18.6. The SMILES string of the molecule is Cc1cccc(N)c1NC(=O)CN1CCn2ccnc2C1. The molecular formula is C15H19N5O. The van der Waals surface area contributed by atoms with Crippen molar-refractivity contribution in [3.05, 3.63) is 42.0 Å². The molecule has 0 radical (unpaired) electrons. The molecule has 0 bridgehead atoms. The van der Waals surface area contributed by atoms with Gasteiger partial charge in [-0.3, -0.25) is 9.69 Å². The summed E-state index contributed by atoms with van der Waals surface area (Å²) in [6, 6.07) is 5.61. The molecule has 1 amide bonds. The Kier molecular flexibility index (Phi) is 3.62. The minimum atomic E-state index is -0.0454. The summed E-state index contributed by atoms with van der Waals surface area (Å²) in [6.45, 7) is 4.70. The molecule has 2 heterocycles. The number of nitrogen functional groups attached to an aromatic ring is 1. The normalized spacial score (nSPS) is 14.7. The zero-order chi connectivity index (χ0) is 14.8. The summed E-state index contributed by atoms with van der Waals surface area (Å²) in [6.07, 6.45) is 3.77. The van der Waals surface area contributed by atoms with E-state index in [9.17, 15) is 4.79 Å². The van der Waals surface area contributed by atoms with Crippen molar-refractivity contribution in [3.63, 3.8) is 0 Å². The number of carbonyl (C=O) groups is 1. The van der Waals surface area contributed by atoms with Crippen molar-refractivity contribution in [2.24, 2.45) is 0 Å². The molecule has 2 aromatic rings. The molecule has 21 heavy (non-hydrogen) atoms. The fourth-order valence-electron chi connectivity index (χ4n) is 2.60. The Hall–Kier alpha value is -2.34. The summed E-state index contributed by atoms with van der Waals surface area (Å²) >= 11 is 0. The van der Waals surface area contributed by atoms with Gasteiger partial charge < -0.3 is 15.6 Å². The maximum absolute atomic E-state index is 12.2. The lowest BCUT2D eigenvalue weighted by molar-refractivity contribution is -0.117. The predicted octanol–water partition coefficient (Wildman–Crippen LogP) is 1.23. The Labute approximate surface area is 123 Å². The highest BCUT2D eigenvalue weighted by Crippen LogP contribution is 2.22. The van der Waals surface area contributed by atoms with E-state index in [2.05, 4.69) is 19.8 Å². The fourth-order valence-corrected chi connectivity index (χ4v) is 2.60. The molecule has 0 saturated heterocycles. The van der Waals surface area contributed by atoms with E-state index in [0.717, 1.165) is 24.5 Å². The third-order valence-corrected chi connectivity index (χ3v) is 3.76. The summed E-state index contributed by atoms with van der Waals surface area (Å²) in [5.74, 6) is 0.959. The molecule has 0 unspecified atom stereocenters. The number of hydrogen-bond acceptors (Lipinski definition) is 4. The lowest BCUT2D eigenvalue weighted by atomic mass is 10.1. The van der Waals surface area contributed by atoms with E-state index >= 15 is 0 Å². The van der Waals surface area contributed by atoms with Crippen LogP contribution >= 0.6 is 0 Å². The van der Waals surface area contributed by atoms with E-state index in [1.807, 2.05) is 25.3 Å². The van der Waals surface area contributed by atoms with Gasteiger partial charge in [0.25, 0.3) is 0 Å². The van der Waals surface area contributed by atoms with Crippen molar-refractivity contribution in [3.8, 4) is 0 Å². The quantitative estimate of drug-likeness (QED) is 0.832. The van der Waals surface area contributed by atoms with E-state index in [-0.39, 0.29) is 5.91 Å². The first kappa shape index (κ1) is 13.6. The molecule has 0 fully saturated rings. The van der Waals surface area contributed by atoms with E-state index in [0.29, 0.717) is 24.5 Å². The molecule has 0 aliphatic carbocycles. The monoisotopic (exact) mass is 285 g/mol. The standard InChI is InChI=1S/C15H19N5O/c1-11-3-2-4-12(16)15(11)18-14(21)10-19-7-8-20-6-5-17-13(20)9-19/h2-6H,7-10,16H2,1H3,(H,18,21). The third kappa shape index (κ3) is 2.90. The number of fused-ring (bicyclic) bond motifs is 1. The molecule has 3 N–H and O–H groups in total. The summed E-state index contributed by atoms with van der Waals surface area (Å²) in [7, 11) is 0. The number of hydrogen-bond donors (Lipinski definition) is 2. The van der Waals surface area contributed by atoms with Crippen molar-refractivity contribution in [1.29, 1.82) is 0 Å². The van der Waals surface area contributed by atoms with Gasteiger partial charge in [0.2, 0.25) is 5.91 Å². The van der Waals surface area contributed by atoms with Gasteiger partial charge in [-0.15, -0.1) is 0 Å². The van der Waals surface area contributed by atoms with E-state index in [4.69, 9.17) is 5.73 Å². The molecule has 1 aliphatic rings. The average Bonchev–Trinajstić information content (AvgIpc) is 2.90. The zero-order valence-electron chi connectivity index (χ0n) is 12.0. The van der Waals surface area contributed by atoms with E-state index in [1.54, 1.807) is 12.3 Å². The van der Waals surface area contributed by atoms with Crippen LogP contribution < -0.4 is 11.1 Å². The maximum Gasteiger partial charge on any atom is 0.238 e. The Morgan fingerprint density at radius 3 is 3.10 bits per heavy atom. The van der Waals surface area contributed by atoms with Gasteiger partial charge in [0.15, 0.2) is 0 Å². The van der Waals surface area contributed by atoms with E-state index in [1.165, 1.54) is 0 Å². The first-order valence-electron chi connectivity index (χ1n) is 7.01. The second-order valence-corrected chi connectivity index (χ2v) is 5.33. The van der Waals surface area contributed by atoms with Gasteiger partial charge in [-0.25, -0.2) is 4.98 Å². The molecule has 6 heteroatoms. The molecule has 1 aliphatic heterocycles. The Bertz CT molecular complexity index is 644. The summed E-state index contributed by atoms with van der Waals surface area (Å²) in [5.41, 5.74) is 8.18. The number of rotatable bonds is 3. The average molecular weight is 285 g/mol. The number of carbonyl (C=O) groups excluding carboxylic acids is 1. The number of nitrogens with zero attached hydrogens (tertiary/aromatic N) is 3. The number of imidazole rings is 1. The molecule has 1 aromatic heterocycles. The highest BCUT2D eigenvalue weighted by Gasteiger charge is 2.19. The lowest BCUT2D eigenvalue weighted by Gasteiger charge is -2.27. The lowest BCUT2D eigenvalue weighted by Crippen LogP contribution is -2.39. The van der Waals surface area contributed by atoms with Crippen molar-refractivity contribution >= 4 is 17.3 Å². The molecule has 0 saturated carbocycles. The Morgan fingerprint density at radius 1 is 1.43 bits per heavy atom. The van der Waals surface area contributed by atoms with E-state index < -0.39 is 0 Å². The van der Waals surface area contributed by atoms with Gasteiger partial charge in [-0.1, -0.05) is 12.1 Å². The topological polar surface area (TPSA) is 76.2 Å². The number of para-hydroxylation sites is 1. The van der Waals surface area contributed by atoms with Gasteiger partial charge in [0, 0.05) is 25.5 Å². The molecule has 0 spiro atoms. The van der Waals surface area contributed by atoms with Crippen molar-refractivity contribution in [2.75, 3.05) is 24.1 Å². The van der Waals surface area contributed by atoms with Crippen LogP contribution in [0.1, 0.15) is 11.4 Å². The predicted molar refractivity (Wildman–Crippen MR) is 81.7 cm³/mol. The highest BCUT2D eigenvalue weighted by molar-refractivity contribution is 5.96. The summed E-state index contributed by atoms with van der Waals surface area (Å²) in [5, 5.41) is 2.91. The number of amides is 1. The van der Waals surface area contributed by atoms with Crippen LogP contribution in [0.3, 0.4) is 0 Å². The van der Waals surface area contributed by atoms with Gasteiger partial charge >= 0.3 is 0 Å². The molecule has 3 rings (SSSR count). The van der Waals surface area contributed by atoms with Gasteiger partial charge in [-0.2, -0.15) is 0 Å². The minimum Gasteiger partial charge on any atom is -0.397 e. The second-order valence-electron chi connectivity index (χ2n) is 5.33. The van der Waals surface area contributed by atoms with Gasteiger partial charge in [0.1, 0.15) is 5.82 Å². The zero-order valence-corrected chi connectivity index (χ0v) is 12.0. The van der Waals surface area contributed by atoms with Crippen LogP contribution in [0.5, 0.6) is 0 Å². The number of anilines is 2. The number of nitrogens with two attached hydrogens (primary N) is 1. The van der Waals surface area contributed by atoms with Crippen LogP contribution in [0, 0.1) is 6.92 Å². The Morgan fingerprint density at radius 2 is 2.29 bits per heavy atom. The largest absolute Gasteiger partial charge is 0.397 e. The van der Waals surface area contributed by atoms with Crippen LogP contribution in [0.2, 0.25) is 0 Å². The van der Waals surface area contributed by atoms with Crippen LogP contribution in [-0.2, 0) is 17.9 Å². The second kappa shape index (κ2) is 5.57. The molecule has 0 atom stereocenters. The number of aromatic nitrogens is 2. The number of aryl methyl sites for hydroxylation is 1. The number of benzene rings is 1. The minimum absolute atomic E-state index is 0.0454. The third-order valence-electron chi connectivity index (χ3n) is 3.76. The van der Waals surface area contributed by atoms with Gasteiger partial charge in [-0.05, 0) is 18.6 Å². The maximum atomic E-state index is 12.2. The Balaban J connectivity index is 1.63. The first-order chi connectivity index (χ1) is 10.1. The summed E-state index contributed by atoms with van der Waals surface area (Å²) < 4.78 is 2.12. The van der Waals surface area contributed by atoms with Crippen molar-refractivity contribution < 1.29 is 4.79 Å². The molecular weight excluding hydrogens is 266 g/mol. The van der Waals surface area contributed by atoms with Crippen LogP contribution in [-0.4, -0.2) is 33.4 Å². The smallest absolute Gasteiger partial charge is 0.238 e. The highest BCUT2D eigenvalue weighted by atomic mass is 16.2. The molecule has 1 aromatic carbocycles. The molecule has 110 valence electrons. The van der Waals surface area contributed by atoms with Crippen LogP contribution in [0.15, 0.2) is 30.6 Å². The van der Waals surface area contributed by atoms with Gasteiger partial charge in [0.05, 0.1) is 24.5 Å². The van der Waals surface area contributed by atoms with Crippen LogP contribution in [0.25, 0.3) is 0 Å². The van der Waals surface area contributed by atoms with Crippen molar-refractivity contribution in [2.45, 2.75) is 20.0 Å². The fraction of sp³-hybridized carbons (Fsp3) is 0.333. The number of nitrogens with one attached hydrogen (secondary N) is 1.